The first-order chi connectivity index (χ1) is 23.2. The molecule has 6 saturated carbocycles. The number of ketones is 1. The highest BCUT2D eigenvalue weighted by atomic mass is 16.1. The van der Waals surface area contributed by atoms with Crippen molar-refractivity contribution in [2.24, 2.45) is 59.2 Å². The van der Waals surface area contributed by atoms with E-state index < -0.39 is 0 Å². The van der Waals surface area contributed by atoms with E-state index in [1.165, 1.54) is 84.7 Å². The maximum Gasteiger partial charge on any atom is 0.148 e. The van der Waals surface area contributed by atoms with Crippen molar-refractivity contribution in [2.75, 3.05) is 0 Å². The Kier molecular flexibility index (Phi) is 8.12. The fourth-order valence-corrected chi connectivity index (χ4v) is 13.6. The van der Waals surface area contributed by atoms with Crippen LogP contribution in [0, 0.1) is 59.2 Å². The molecule has 0 N–H and O–H groups in total. The average Bonchev–Trinajstić information content (AvgIpc) is 3.50. The van der Waals surface area contributed by atoms with Crippen LogP contribution >= 0.6 is 0 Å². The second-order valence-electron chi connectivity index (χ2n) is 22.9. The van der Waals surface area contributed by atoms with Gasteiger partial charge in [0.2, 0.25) is 0 Å². The lowest BCUT2D eigenvalue weighted by atomic mass is 9.45. The highest BCUT2D eigenvalue weighted by molar-refractivity contribution is 5.95. The highest BCUT2D eigenvalue weighted by Crippen LogP contribution is 2.74. The summed E-state index contributed by atoms with van der Waals surface area (Å²) in [7, 11) is 0. The molecule has 2 aromatic carbocycles. The van der Waals surface area contributed by atoms with Crippen molar-refractivity contribution < 1.29 is 4.79 Å². The average molecular weight is 675 g/mol. The standard InChI is InChI=1S/C49H70O/c1-46(2,3)32-20-30(21-33(25-32)47(4,5)6)40-43-36-19-18-28-17-16-27-14-13-15-29-24-37(42(36)39(28)38(27)29)44(43)41(45(40)50)31-22-34(48(7,8)9)26-35(23-31)49(10,11)12/h20-23,25-29,36-44H,13-19,24H2,1-12H3. The second kappa shape index (κ2) is 11.6. The van der Waals surface area contributed by atoms with Crippen LogP contribution in [-0.4, -0.2) is 5.78 Å². The fourth-order valence-electron chi connectivity index (χ4n) is 13.6. The number of carbonyl (C=O) groups is 1. The predicted octanol–water partition coefficient (Wildman–Crippen LogP) is 12.7. The first-order valence-electron chi connectivity index (χ1n) is 21.1. The molecule has 1 nitrogen and oxygen atoms in total. The maximum absolute atomic E-state index is 15.8. The molecule has 12 atom stereocenters. The molecule has 0 saturated heterocycles. The molecule has 6 fully saturated rings. The first-order valence-corrected chi connectivity index (χ1v) is 21.1. The van der Waals surface area contributed by atoms with Crippen LogP contribution in [0.3, 0.4) is 0 Å². The van der Waals surface area contributed by atoms with Crippen molar-refractivity contribution in [2.45, 2.75) is 168 Å². The predicted molar refractivity (Wildman–Crippen MR) is 210 cm³/mol. The van der Waals surface area contributed by atoms with E-state index >= 15 is 4.79 Å². The molecule has 12 unspecified atom stereocenters. The molecule has 50 heavy (non-hydrogen) atoms. The van der Waals surface area contributed by atoms with Crippen LogP contribution in [0.5, 0.6) is 0 Å². The van der Waals surface area contributed by atoms with Gasteiger partial charge in [0.05, 0.1) is 0 Å². The van der Waals surface area contributed by atoms with Crippen molar-refractivity contribution in [1.29, 1.82) is 0 Å². The van der Waals surface area contributed by atoms with Crippen LogP contribution < -0.4 is 0 Å². The van der Waals surface area contributed by atoms with Gasteiger partial charge in [0.15, 0.2) is 0 Å². The topological polar surface area (TPSA) is 17.1 Å². The third-order valence-electron chi connectivity index (χ3n) is 15.9. The molecule has 1 heteroatoms. The Morgan fingerprint density at radius 3 is 1.28 bits per heavy atom. The van der Waals surface area contributed by atoms with Crippen molar-refractivity contribution >= 4 is 5.78 Å². The summed E-state index contributed by atoms with van der Waals surface area (Å²) in [6.07, 6.45) is 11.6. The molecule has 2 aromatic rings. The third-order valence-corrected chi connectivity index (χ3v) is 15.9. The fraction of sp³-hybridized carbons (Fsp3) is 0.735. The van der Waals surface area contributed by atoms with E-state index in [1.54, 1.807) is 0 Å². The monoisotopic (exact) mass is 675 g/mol. The van der Waals surface area contributed by atoms with Crippen LogP contribution in [0.2, 0.25) is 0 Å². The summed E-state index contributed by atoms with van der Waals surface area (Å²) >= 11 is 0. The van der Waals surface area contributed by atoms with Crippen LogP contribution in [-0.2, 0) is 26.5 Å². The molecular weight excluding hydrogens is 605 g/mol. The Balaban J connectivity index is 1.34. The van der Waals surface area contributed by atoms with E-state index in [0.29, 0.717) is 29.5 Å². The molecule has 0 aliphatic heterocycles. The van der Waals surface area contributed by atoms with Gasteiger partial charge in [0.25, 0.3) is 0 Å². The smallest absolute Gasteiger partial charge is 0.148 e. The molecule has 6 aliphatic rings. The zero-order chi connectivity index (χ0) is 35.9. The summed E-state index contributed by atoms with van der Waals surface area (Å²) in [5.74, 6) is 8.52. The molecule has 0 spiro atoms. The lowest BCUT2D eigenvalue weighted by Crippen LogP contribution is -2.53. The summed E-state index contributed by atoms with van der Waals surface area (Å²) in [6.45, 7) is 28.3. The molecule has 0 radical (unpaired) electrons. The van der Waals surface area contributed by atoms with Gasteiger partial charge in [-0.25, -0.2) is 0 Å². The minimum Gasteiger partial charge on any atom is -0.298 e. The van der Waals surface area contributed by atoms with Crippen LogP contribution in [0.4, 0.5) is 0 Å². The Morgan fingerprint density at radius 2 is 0.820 bits per heavy atom. The van der Waals surface area contributed by atoms with Crippen LogP contribution in [0.25, 0.3) is 0 Å². The molecule has 0 bridgehead atoms. The second-order valence-corrected chi connectivity index (χ2v) is 22.9. The Hall–Kier alpha value is -1.89. The minimum atomic E-state index is 0.0124. The number of fused-ring (bicyclic) bond motifs is 3. The van der Waals surface area contributed by atoms with Gasteiger partial charge in [-0.05, 0) is 146 Å². The Morgan fingerprint density at radius 1 is 0.420 bits per heavy atom. The van der Waals surface area contributed by atoms with Gasteiger partial charge < -0.3 is 0 Å². The number of hydrogen-bond acceptors (Lipinski definition) is 1. The lowest BCUT2D eigenvalue weighted by Gasteiger charge is -2.60. The Labute approximate surface area is 306 Å². The van der Waals surface area contributed by atoms with Crippen LogP contribution in [0.15, 0.2) is 36.4 Å². The zero-order valence-corrected chi connectivity index (χ0v) is 34.0. The number of rotatable bonds is 2. The normalized spacial score (nSPS) is 38.2. The van der Waals surface area contributed by atoms with Crippen LogP contribution in [0.1, 0.15) is 180 Å². The minimum absolute atomic E-state index is 0.0124. The van der Waals surface area contributed by atoms with Gasteiger partial charge in [0, 0.05) is 11.8 Å². The van der Waals surface area contributed by atoms with Gasteiger partial charge in [0.1, 0.15) is 5.78 Å². The van der Waals surface area contributed by atoms with E-state index in [9.17, 15) is 0 Å². The molecular formula is C49H70O. The Bertz CT molecular complexity index is 1580. The summed E-state index contributed by atoms with van der Waals surface area (Å²) in [5, 5.41) is 0. The molecule has 0 heterocycles. The van der Waals surface area contributed by atoms with E-state index in [2.05, 4.69) is 119 Å². The number of hydrogen-bond donors (Lipinski definition) is 0. The molecule has 8 rings (SSSR count). The van der Waals surface area contributed by atoms with E-state index in [-0.39, 0.29) is 33.5 Å². The third kappa shape index (κ3) is 5.54. The quantitative estimate of drug-likeness (QED) is 0.310. The molecule has 6 aliphatic carbocycles. The van der Waals surface area contributed by atoms with Crippen molar-refractivity contribution in [3.05, 3.63) is 69.8 Å². The number of carbonyl (C=O) groups excluding carboxylic acids is 1. The first kappa shape index (κ1) is 35.2. The van der Waals surface area contributed by atoms with Gasteiger partial charge in [-0.2, -0.15) is 0 Å². The largest absolute Gasteiger partial charge is 0.298 e. The molecule has 0 aromatic heterocycles. The summed E-state index contributed by atoms with van der Waals surface area (Å²) in [5.41, 5.74) is 8.46. The lowest BCUT2D eigenvalue weighted by molar-refractivity contribution is -0.127. The van der Waals surface area contributed by atoms with Crippen molar-refractivity contribution in [3.8, 4) is 0 Å². The highest BCUT2D eigenvalue weighted by Gasteiger charge is 2.69. The van der Waals surface area contributed by atoms with Crippen molar-refractivity contribution in [3.63, 3.8) is 0 Å². The van der Waals surface area contributed by atoms with Gasteiger partial charge in [-0.15, -0.1) is 0 Å². The van der Waals surface area contributed by atoms with E-state index in [1.807, 2.05) is 0 Å². The molecule has 0 amide bonds. The summed E-state index contributed by atoms with van der Waals surface area (Å²) in [6, 6.07) is 15.0. The zero-order valence-electron chi connectivity index (χ0n) is 34.0. The van der Waals surface area contributed by atoms with E-state index in [4.69, 9.17) is 0 Å². The van der Waals surface area contributed by atoms with Gasteiger partial charge >= 0.3 is 0 Å². The van der Waals surface area contributed by atoms with E-state index in [0.717, 1.165) is 35.5 Å². The SMILES string of the molecule is CC(C)(C)c1cc(C2C(=O)C(c3cc(C(C)(C)C)cc(C(C)(C)C)c3)C3C4CC5CCCC6CCC7CCC(C23)C4C7C65)cc(C(C)(C)C)c1. The number of benzene rings is 2. The maximum atomic E-state index is 15.8. The summed E-state index contributed by atoms with van der Waals surface area (Å²) in [4.78, 5) is 15.8. The summed E-state index contributed by atoms with van der Waals surface area (Å²) < 4.78 is 0. The number of Topliss-reactive ketones (excluding diaryl/α,β-unsaturated/α-hetero) is 1. The van der Waals surface area contributed by atoms with Crippen molar-refractivity contribution in [1.82, 2.24) is 0 Å². The molecule has 272 valence electrons. The van der Waals surface area contributed by atoms with Gasteiger partial charge in [-0.1, -0.05) is 139 Å². The van der Waals surface area contributed by atoms with Gasteiger partial charge in [-0.3, -0.25) is 4.79 Å².